The van der Waals surface area contributed by atoms with Crippen molar-refractivity contribution in [3.63, 3.8) is 0 Å². The van der Waals surface area contributed by atoms with Crippen LogP contribution in [-0.2, 0) is 0 Å². The molecule has 1 aliphatic rings. The molecule has 0 aromatic heterocycles. The van der Waals surface area contributed by atoms with E-state index in [1.165, 1.54) is 25.7 Å². The lowest BCUT2D eigenvalue weighted by Crippen LogP contribution is -2.31. The summed E-state index contributed by atoms with van der Waals surface area (Å²) in [5.41, 5.74) is 0.730. The number of nitrogens with one attached hydrogen (secondary N) is 1. The van der Waals surface area contributed by atoms with Crippen molar-refractivity contribution in [2.45, 2.75) is 32.6 Å². The molecule has 0 saturated heterocycles. The zero-order chi connectivity index (χ0) is 13.0. The van der Waals surface area contributed by atoms with E-state index in [9.17, 15) is 4.79 Å². The van der Waals surface area contributed by atoms with Gasteiger partial charge >= 0.3 is 0 Å². The Morgan fingerprint density at radius 3 is 2.72 bits per heavy atom. The number of rotatable bonds is 3. The predicted octanol–water partition coefficient (Wildman–Crippen LogP) is 4.01. The van der Waals surface area contributed by atoms with Crippen LogP contribution in [0.15, 0.2) is 28.7 Å². The van der Waals surface area contributed by atoms with Gasteiger partial charge in [0.1, 0.15) is 0 Å². The monoisotopic (exact) mass is 309 g/mol. The zero-order valence-corrected chi connectivity index (χ0v) is 12.4. The number of hydrogen-bond donors (Lipinski definition) is 1. The van der Waals surface area contributed by atoms with E-state index in [-0.39, 0.29) is 5.91 Å². The molecular formula is C15H20BrNO. The number of carbonyl (C=O) groups is 1. The van der Waals surface area contributed by atoms with Gasteiger partial charge in [-0.3, -0.25) is 4.79 Å². The largest absolute Gasteiger partial charge is 0.352 e. The maximum absolute atomic E-state index is 12.0. The Kier molecular flexibility index (Phi) is 4.81. The van der Waals surface area contributed by atoms with E-state index in [0.717, 1.165) is 22.5 Å². The van der Waals surface area contributed by atoms with Crippen molar-refractivity contribution in [2.24, 2.45) is 11.8 Å². The molecule has 1 aliphatic carbocycles. The van der Waals surface area contributed by atoms with Crippen LogP contribution in [0.25, 0.3) is 0 Å². The van der Waals surface area contributed by atoms with Gasteiger partial charge in [-0.1, -0.05) is 41.8 Å². The highest BCUT2D eigenvalue weighted by Crippen LogP contribution is 2.27. The second-order valence-corrected chi connectivity index (χ2v) is 6.26. The lowest BCUT2D eigenvalue weighted by molar-refractivity contribution is 0.0942. The van der Waals surface area contributed by atoms with Gasteiger partial charge in [-0.05, 0) is 42.9 Å². The zero-order valence-electron chi connectivity index (χ0n) is 10.8. The lowest BCUT2D eigenvalue weighted by Gasteiger charge is -2.26. The second kappa shape index (κ2) is 6.37. The van der Waals surface area contributed by atoms with Crippen LogP contribution in [0.3, 0.4) is 0 Å². The van der Waals surface area contributed by atoms with Gasteiger partial charge in [0, 0.05) is 16.6 Å². The fourth-order valence-electron chi connectivity index (χ4n) is 2.50. The standard InChI is InChI=1S/C15H20BrNO/c1-11-5-7-12(8-6-11)10-17-15(18)13-3-2-4-14(16)9-13/h2-4,9,11-12H,5-8,10H2,1H3,(H,17,18). The Labute approximate surface area is 117 Å². The van der Waals surface area contributed by atoms with Crippen LogP contribution in [0.4, 0.5) is 0 Å². The molecule has 1 amide bonds. The van der Waals surface area contributed by atoms with Crippen molar-refractivity contribution in [2.75, 3.05) is 6.54 Å². The number of amides is 1. The van der Waals surface area contributed by atoms with E-state index < -0.39 is 0 Å². The average molecular weight is 310 g/mol. The van der Waals surface area contributed by atoms with Crippen molar-refractivity contribution in [3.8, 4) is 0 Å². The third kappa shape index (κ3) is 3.84. The van der Waals surface area contributed by atoms with E-state index in [0.29, 0.717) is 5.92 Å². The average Bonchev–Trinajstić information content (AvgIpc) is 2.38. The molecule has 1 aromatic carbocycles. The molecule has 2 nitrogen and oxygen atoms in total. The Bertz CT molecular complexity index is 411. The third-order valence-corrected chi connectivity index (χ3v) is 4.27. The maximum Gasteiger partial charge on any atom is 0.251 e. The first kappa shape index (κ1) is 13.6. The lowest BCUT2D eigenvalue weighted by atomic mass is 9.83. The maximum atomic E-state index is 12.0. The molecule has 0 radical (unpaired) electrons. The molecule has 0 aliphatic heterocycles. The summed E-state index contributed by atoms with van der Waals surface area (Å²) in [7, 11) is 0. The van der Waals surface area contributed by atoms with Crippen molar-refractivity contribution in [1.29, 1.82) is 0 Å². The van der Waals surface area contributed by atoms with Crippen LogP contribution in [0, 0.1) is 11.8 Å². The minimum absolute atomic E-state index is 0.0370. The Morgan fingerprint density at radius 1 is 1.33 bits per heavy atom. The molecule has 0 atom stereocenters. The molecular weight excluding hydrogens is 290 g/mol. The molecule has 18 heavy (non-hydrogen) atoms. The van der Waals surface area contributed by atoms with E-state index in [1.54, 1.807) is 0 Å². The molecule has 98 valence electrons. The highest BCUT2D eigenvalue weighted by Gasteiger charge is 2.18. The van der Waals surface area contributed by atoms with Gasteiger partial charge in [-0.2, -0.15) is 0 Å². The van der Waals surface area contributed by atoms with Gasteiger partial charge in [0.15, 0.2) is 0 Å². The first-order valence-corrected chi connectivity index (χ1v) is 7.48. The number of benzene rings is 1. The molecule has 3 heteroatoms. The van der Waals surface area contributed by atoms with Crippen molar-refractivity contribution in [1.82, 2.24) is 5.32 Å². The molecule has 1 N–H and O–H groups in total. The summed E-state index contributed by atoms with van der Waals surface area (Å²) >= 11 is 3.38. The van der Waals surface area contributed by atoms with E-state index >= 15 is 0 Å². The molecule has 0 bridgehead atoms. The topological polar surface area (TPSA) is 29.1 Å². The Balaban J connectivity index is 1.81. The predicted molar refractivity (Wildman–Crippen MR) is 77.6 cm³/mol. The molecule has 1 aromatic rings. The van der Waals surface area contributed by atoms with E-state index in [4.69, 9.17) is 0 Å². The molecule has 0 unspecified atom stereocenters. The van der Waals surface area contributed by atoms with Crippen LogP contribution < -0.4 is 5.32 Å². The summed E-state index contributed by atoms with van der Waals surface area (Å²) in [4.78, 5) is 12.0. The van der Waals surface area contributed by atoms with Crippen LogP contribution in [-0.4, -0.2) is 12.5 Å². The van der Waals surface area contributed by atoms with Crippen LogP contribution in [0.2, 0.25) is 0 Å². The minimum atomic E-state index is 0.0370. The number of halogens is 1. The van der Waals surface area contributed by atoms with E-state index in [1.807, 2.05) is 24.3 Å². The van der Waals surface area contributed by atoms with Crippen LogP contribution in [0.5, 0.6) is 0 Å². The fraction of sp³-hybridized carbons (Fsp3) is 0.533. The second-order valence-electron chi connectivity index (χ2n) is 5.35. The minimum Gasteiger partial charge on any atom is -0.352 e. The van der Waals surface area contributed by atoms with Crippen molar-refractivity contribution >= 4 is 21.8 Å². The normalized spacial score (nSPS) is 23.7. The summed E-state index contributed by atoms with van der Waals surface area (Å²) in [5, 5.41) is 3.05. The highest BCUT2D eigenvalue weighted by atomic mass is 79.9. The van der Waals surface area contributed by atoms with Gasteiger partial charge in [0.2, 0.25) is 0 Å². The Hall–Kier alpha value is -0.830. The first-order valence-electron chi connectivity index (χ1n) is 6.69. The first-order chi connectivity index (χ1) is 8.65. The van der Waals surface area contributed by atoms with Gasteiger partial charge in [-0.15, -0.1) is 0 Å². The number of carbonyl (C=O) groups excluding carboxylic acids is 1. The molecule has 2 rings (SSSR count). The van der Waals surface area contributed by atoms with Crippen LogP contribution >= 0.6 is 15.9 Å². The highest BCUT2D eigenvalue weighted by molar-refractivity contribution is 9.10. The molecule has 1 fully saturated rings. The Morgan fingerprint density at radius 2 is 2.06 bits per heavy atom. The SMILES string of the molecule is CC1CCC(CNC(=O)c2cccc(Br)c2)CC1. The van der Waals surface area contributed by atoms with Crippen molar-refractivity contribution in [3.05, 3.63) is 34.3 Å². The third-order valence-electron chi connectivity index (χ3n) is 3.77. The number of hydrogen-bond acceptors (Lipinski definition) is 1. The summed E-state index contributed by atoms with van der Waals surface area (Å²) in [6.45, 7) is 3.13. The summed E-state index contributed by atoms with van der Waals surface area (Å²) in [6.07, 6.45) is 5.11. The molecule has 1 saturated carbocycles. The summed E-state index contributed by atoms with van der Waals surface area (Å²) in [6, 6.07) is 7.53. The quantitative estimate of drug-likeness (QED) is 0.898. The molecule has 0 spiro atoms. The van der Waals surface area contributed by atoms with Crippen LogP contribution in [0.1, 0.15) is 43.0 Å². The van der Waals surface area contributed by atoms with Crippen molar-refractivity contribution < 1.29 is 4.79 Å². The van der Waals surface area contributed by atoms with Gasteiger partial charge in [0.25, 0.3) is 5.91 Å². The summed E-state index contributed by atoms with van der Waals surface area (Å²) in [5.74, 6) is 1.56. The smallest absolute Gasteiger partial charge is 0.251 e. The van der Waals surface area contributed by atoms with Gasteiger partial charge in [0.05, 0.1) is 0 Å². The summed E-state index contributed by atoms with van der Waals surface area (Å²) < 4.78 is 0.946. The molecule has 0 heterocycles. The van der Waals surface area contributed by atoms with Gasteiger partial charge in [-0.25, -0.2) is 0 Å². The van der Waals surface area contributed by atoms with E-state index in [2.05, 4.69) is 28.2 Å². The fourth-order valence-corrected chi connectivity index (χ4v) is 2.90. The van der Waals surface area contributed by atoms with Gasteiger partial charge < -0.3 is 5.32 Å².